The summed E-state index contributed by atoms with van der Waals surface area (Å²) in [4.78, 5) is 29.2. The fourth-order valence-corrected chi connectivity index (χ4v) is 9.12. The van der Waals surface area contributed by atoms with Gasteiger partial charge in [-0.15, -0.1) is 0 Å². The van der Waals surface area contributed by atoms with Crippen molar-refractivity contribution in [3.63, 3.8) is 0 Å². The Hall–Kier alpha value is -3.07. The molecule has 8 atom stereocenters. The van der Waals surface area contributed by atoms with E-state index >= 15 is 0 Å². The Balaban J connectivity index is 1.37. The molecule has 228 valence electrons. The lowest BCUT2D eigenvalue weighted by Gasteiger charge is -2.52. The molecule has 2 unspecified atom stereocenters. The maximum Gasteiger partial charge on any atom is 0.342 e. The molecule has 1 spiro atoms. The number of nitrogens with zero attached hydrogens (tertiary/aromatic N) is 2. The van der Waals surface area contributed by atoms with Gasteiger partial charge in [0.25, 0.3) is 0 Å². The molecule has 5 aliphatic rings. The Morgan fingerprint density at radius 1 is 1.14 bits per heavy atom. The monoisotopic (exact) mass is 586 g/mol. The molecule has 2 heterocycles. The summed E-state index contributed by atoms with van der Waals surface area (Å²) < 4.78 is 20.7. The second-order valence-corrected chi connectivity index (χ2v) is 14.6. The minimum absolute atomic E-state index is 0.00990. The number of fused-ring (bicyclic) bond motifs is 5. The molecule has 8 nitrogen and oxygen atoms in total. The zero-order valence-electron chi connectivity index (χ0n) is 26.3. The van der Waals surface area contributed by atoms with Gasteiger partial charge in [-0.3, -0.25) is 9.48 Å². The standard InChI is InChI=1S/C35H42N2O6/c1-18-16-34-19(2)14-24-26(32(24,4)5)23(28(34)38)15-22-17-41-33(6,7)43-30(22)35(34,40)29(18)42-31(39)25-20(3)37(8)36-27(25)21-12-10-9-11-13-21/h9-13,15-16,19,23-24,26,29-30,40H,14,17H2,1-8H3/t19?,23-,24+,26+,29-,30+,34?,35+/m0/s1. The third-order valence-electron chi connectivity index (χ3n) is 11.5. The molecule has 2 saturated carbocycles. The highest BCUT2D eigenvalue weighted by Crippen LogP contribution is 2.72. The van der Waals surface area contributed by atoms with E-state index in [1.807, 2.05) is 70.2 Å². The highest BCUT2D eigenvalue weighted by molar-refractivity contribution is 5.99. The van der Waals surface area contributed by atoms with Crippen molar-refractivity contribution >= 4 is 11.8 Å². The van der Waals surface area contributed by atoms with Crippen LogP contribution in [0.4, 0.5) is 0 Å². The zero-order chi connectivity index (χ0) is 30.9. The number of aryl methyl sites for hydroxylation is 1. The highest BCUT2D eigenvalue weighted by atomic mass is 16.7. The molecule has 7 rings (SSSR count). The Morgan fingerprint density at radius 3 is 2.53 bits per heavy atom. The molecule has 1 aromatic heterocycles. The maximum absolute atomic E-state index is 14.9. The number of benzene rings is 1. The number of esters is 1. The van der Waals surface area contributed by atoms with Crippen molar-refractivity contribution in [2.24, 2.45) is 41.5 Å². The van der Waals surface area contributed by atoms with Crippen LogP contribution in [-0.2, 0) is 26.1 Å². The number of hydrogen-bond acceptors (Lipinski definition) is 7. The van der Waals surface area contributed by atoms with E-state index in [1.54, 1.807) is 11.7 Å². The second kappa shape index (κ2) is 8.99. The topological polar surface area (TPSA) is 99.9 Å². The van der Waals surface area contributed by atoms with Crippen LogP contribution in [0.25, 0.3) is 11.3 Å². The molecule has 8 heteroatoms. The van der Waals surface area contributed by atoms with Gasteiger partial charge in [-0.05, 0) is 68.4 Å². The summed E-state index contributed by atoms with van der Waals surface area (Å²) in [6, 6.07) is 9.52. The van der Waals surface area contributed by atoms with Crippen molar-refractivity contribution in [3.05, 3.63) is 64.9 Å². The van der Waals surface area contributed by atoms with Crippen molar-refractivity contribution in [3.8, 4) is 11.3 Å². The SMILES string of the molecule is CC1=CC23C(=O)[C@@H](C=C4COC(C)(C)O[C@H]4[C@]2(O)[C@H]1OC(=O)c1c(-c2ccccc2)nn(C)c1C)[C@@H]1[C@@H](CC3C)C1(C)C. The molecule has 3 fully saturated rings. The fraction of sp³-hybridized carbons (Fsp3) is 0.571. The number of ether oxygens (including phenoxy) is 3. The van der Waals surface area contributed by atoms with Gasteiger partial charge >= 0.3 is 5.97 Å². The average molecular weight is 587 g/mol. The van der Waals surface area contributed by atoms with Gasteiger partial charge in [0.2, 0.25) is 0 Å². The van der Waals surface area contributed by atoms with Gasteiger partial charge in [-0.2, -0.15) is 5.10 Å². The first-order valence-corrected chi connectivity index (χ1v) is 15.4. The zero-order valence-corrected chi connectivity index (χ0v) is 26.3. The van der Waals surface area contributed by atoms with Crippen molar-refractivity contribution in [1.82, 2.24) is 9.78 Å². The smallest absolute Gasteiger partial charge is 0.342 e. The first kappa shape index (κ1) is 28.7. The predicted molar refractivity (Wildman–Crippen MR) is 160 cm³/mol. The number of hydrogen-bond donors (Lipinski definition) is 1. The quantitative estimate of drug-likeness (QED) is 0.391. The van der Waals surface area contributed by atoms with Crippen LogP contribution in [0.1, 0.15) is 64.0 Å². The van der Waals surface area contributed by atoms with Gasteiger partial charge in [0, 0.05) is 18.5 Å². The molecule has 1 saturated heterocycles. The summed E-state index contributed by atoms with van der Waals surface area (Å²) in [7, 11) is 1.79. The van der Waals surface area contributed by atoms with E-state index in [4.69, 9.17) is 14.2 Å². The summed E-state index contributed by atoms with van der Waals surface area (Å²) in [5.74, 6) is -1.66. The van der Waals surface area contributed by atoms with Crippen LogP contribution in [0.3, 0.4) is 0 Å². The largest absolute Gasteiger partial charge is 0.451 e. The fourth-order valence-electron chi connectivity index (χ4n) is 9.12. The molecular formula is C35H42N2O6. The number of ketones is 1. The second-order valence-electron chi connectivity index (χ2n) is 14.6. The number of rotatable bonds is 3. The number of carbonyl (C=O) groups is 2. The van der Waals surface area contributed by atoms with E-state index in [2.05, 4.69) is 25.9 Å². The van der Waals surface area contributed by atoms with E-state index in [-0.39, 0.29) is 35.6 Å². The van der Waals surface area contributed by atoms with Gasteiger partial charge in [0.15, 0.2) is 23.3 Å². The van der Waals surface area contributed by atoms with Crippen molar-refractivity contribution in [2.75, 3.05) is 6.61 Å². The number of aliphatic hydroxyl groups is 1. The van der Waals surface area contributed by atoms with Crippen molar-refractivity contribution < 1.29 is 28.9 Å². The van der Waals surface area contributed by atoms with E-state index in [1.165, 1.54) is 0 Å². The van der Waals surface area contributed by atoms with Gasteiger partial charge in [-0.1, -0.05) is 63.3 Å². The predicted octanol–water partition coefficient (Wildman–Crippen LogP) is 5.19. The van der Waals surface area contributed by atoms with E-state index < -0.39 is 35.0 Å². The van der Waals surface area contributed by atoms with Gasteiger partial charge in [0.1, 0.15) is 17.4 Å². The van der Waals surface area contributed by atoms with E-state index in [0.717, 1.165) is 17.6 Å². The lowest BCUT2D eigenvalue weighted by molar-refractivity contribution is -0.302. The number of allylic oxidation sites excluding steroid dienone is 1. The molecule has 1 aliphatic heterocycles. The van der Waals surface area contributed by atoms with Gasteiger partial charge in [0.05, 0.1) is 17.7 Å². The van der Waals surface area contributed by atoms with Gasteiger partial charge in [-0.25, -0.2) is 4.79 Å². The minimum atomic E-state index is -1.87. The third-order valence-corrected chi connectivity index (χ3v) is 11.5. The van der Waals surface area contributed by atoms with Crippen LogP contribution < -0.4 is 0 Å². The lowest BCUT2D eigenvalue weighted by atomic mass is 9.59. The number of Topliss-reactive ketones (excluding diaryl/α,β-unsaturated/α-hetero) is 1. The van der Waals surface area contributed by atoms with Crippen LogP contribution in [0.15, 0.2) is 53.6 Å². The molecule has 1 aromatic carbocycles. The summed E-state index contributed by atoms with van der Waals surface area (Å²) in [5.41, 5.74) is 0.548. The van der Waals surface area contributed by atoms with Crippen molar-refractivity contribution in [1.29, 1.82) is 0 Å². The Bertz CT molecular complexity index is 1600. The minimum Gasteiger partial charge on any atom is -0.451 e. The molecule has 2 bridgehead atoms. The molecule has 1 N–H and O–H groups in total. The first-order valence-electron chi connectivity index (χ1n) is 15.4. The third kappa shape index (κ3) is 3.69. The maximum atomic E-state index is 14.9. The number of aromatic nitrogens is 2. The normalized spacial score (nSPS) is 38.5. The highest BCUT2D eigenvalue weighted by Gasteiger charge is 2.77. The first-order chi connectivity index (χ1) is 20.1. The summed E-state index contributed by atoms with van der Waals surface area (Å²) in [6.45, 7) is 14.1. The van der Waals surface area contributed by atoms with E-state index in [9.17, 15) is 14.7 Å². The van der Waals surface area contributed by atoms with Crippen LogP contribution in [0.2, 0.25) is 0 Å². The summed E-state index contributed by atoms with van der Waals surface area (Å²) in [5, 5.41) is 18.0. The molecule has 43 heavy (non-hydrogen) atoms. The summed E-state index contributed by atoms with van der Waals surface area (Å²) in [6.07, 6.45) is 2.71. The Labute approximate surface area is 253 Å². The molecular weight excluding hydrogens is 544 g/mol. The van der Waals surface area contributed by atoms with Gasteiger partial charge < -0.3 is 19.3 Å². The van der Waals surface area contributed by atoms with Crippen molar-refractivity contribution in [2.45, 2.75) is 78.5 Å². The summed E-state index contributed by atoms with van der Waals surface area (Å²) >= 11 is 0. The van der Waals surface area contributed by atoms with E-state index in [0.29, 0.717) is 28.4 Å². The molecule has 4 aliphatic carbocycles. The Kier molecular flexibility index (Phi) is 6.00. The Morgan fingerprint density at radius 2 is 1.84 bits per heavy atom. The molecule has 0 radical (unpaired) electrons. The number of carbonyl (C=O) groups excluding carboxylic acids is 2. The van der Waals surface area contributed by atoms with Crippen LogP contribution in [-0.4, -0.2) is 56.8 Å². The molecule has 2 aromatic rings. The molecule has 0 amide bonds. The average Bonchev–Trinajstić information content (AvgIpc) is 3.27. The van der Waals surface area contributed by atoms with Crippen LogP contribution in [0, 0.1) is 41.4 Å². The van der Waals surface area contributed by atoms with Crippen LogP contribution >= 0.6 is 0 Å². The lowest BCUT2D eigenvalue weighted by Crippen LogP contribution is -2.68. The van der Waals surface area contributed by atoms with Crippen LogP contribution in [0.5, 0.6) is 0 Å².